The Bertz CT molecular complexity index is 324. The van der Waals surface area contributed by atoms with E-state index in [0.717, 1.165) is 5.69 Å². The Hall–Kier alpha value is -1.00. The number of halogens is 2. The van der Waals surface area contributed by atoms with Crippen molar-refractivity contribution in [3.05, 3.63) is 11.9 Å². The van der Waals surface area contributed by atoms with Gasteiger partial charge in [0.25, 0.3) is 0 Å². The van der Waals surface area contributed by atoms with E-state index in [1.54, 1.807) is 17.9 Å². The van der Waals surface area contributed by atoms with Gasteiger partial charge in [0.05, 0.1) is 11.9 Å². The topological polar surface area (TPSA) is 30.7 Å². The molecule has 1 aliphatic rings. The van der Waals surface area contributed by atoms with Gasteiger partial charge in [-0.15, -0.1) is 5.10 Å². The van der Waals surface area contributed by atoms with E-state index in [-0.39, 0.29) is 12.8 Å². The van der Waals surface area contributed by atoms with Crippen molar-refractivity contribution in [2.75, 3.05) is 0 Å². The molecule has 13 heavy (non-hydrogen) atoms. The van der Waals surface area contributed by atoms with Crippen molar-refractivity contribution in [2.24, 2.45) is 7.05 Å². The van der Waals surface area contributed by atoms with Crippen LogP contribution in [-0.4, -0.2) is 20.9 Å². The van der Waals surface area contributed by atoms with E-state index in [4.69, 9.17) is 0 Å². The zero-order chi connectivity index (χ0) is 9.69. The molecule has 1 heterocycles. The molecule has 3 nitrogen and oxygen atoms in total. The third-order valence-corrected chi connectivity index (χ3v) is 2.63. The summed E-state index contributed by atoms with van der Waals surface area (Å²) < 4.78 is 27.0. The fourth-order valence-electron chi connectivity index (χ4n) is 2.11. The molecule has 0 radical (unpaired) electrons. The summed E-state index contributed by atoms with van der Waals surface area (Å²) in [7, 11) is 1.73. The Labute approximate surface area is 74.7 Å². The number of hydrogen-bond donors (Lipinski definition) is 0. The van der Waals surface area contributed by atoms with Crippen LogP contribution < -0.4 is 0 Å². The lowest BCUT2D eigenvalue weighted by Gasteiger charge is -2.44. The molecule has 0 atom stereocenters. The molecule has 1 aromatic heterocycles. The fourth-order valence-corrected chi connectivity index (χ4v) is 2.11. The average molecular weight is 187 g/mol. The van der Waals surface area contributed by atoms with Crippen molar-refractivity contribution in [3.63, 3.8) is 0 Å². The van der Waals surface area contributed by atoms with Crippen LogP contribution in [0.25, 0.3) is 0 Å². The maximum Gasteiger partial charge on any atom is 0.250 e. The van der Waals surface area contributed by atoms with Crippen molar-refractivity contribution < 1.29 is 8.78 Å². The standard InChI is InChI=1S/C8H11F2N3/c1-7(4-8(9,10)5-7)6-3-11-12-13(6)2/h3H,4-5H2,1-2H3. The first-order valence-electron chi connectivity index (χ1n) is 4.16. The van der Waals surface area contributed by atoms with E-state index >= 15 is 0 Å². The van der Waals surface area contributed by atoms with Crippen molar-refractivity contribution in [3.8, 4) is 0 Å². The number of aryl methyl sites for hydroxylation is 1. The minimum atomic E-state index is -2.50. The first-order valence-corrected chi connectivity index (χ1v) is 4.16. The van der Waals surface area contributed by atoms with Gasteiger partial charge in [0.2, 0.25) is 5.92 Å². The van der Waals surface area contributed by atoms with Crippen molar-refractivity contribution >= 4 is 0 Å². The minimum absolute atomic E-state index is 0.0960. The zero-order valence-electron chi connectivity index (χ0n) is 7.59. The van der Waals surface area contributed by atoms with E-state index in [1.807, 2.05) is 6.92 Å². The van der Waals surface area contributed by atoms with Gasteiger partial charge in [-0.1, -0.05) is 12.1 Å². The van der Waals surface area contributed by atoms with Crippen LogP contribution in [0.3, 0.4) is 0 Å². The molecule has 0 amide bonds. The van der Waals surface area contributed by atoms with Crippen LogP contribution in [0, 0.1) is 0 Å². The van der Waals surface area contributed by atoms with Gasteiger partial charge in [-0.25, -0.2) is 8.78 Å². The SMILES string of the molecule is Cn1nncc1C1(C)CC(F)(F)C1. The second-order valence-electron chi connectivity index (χ2n) is 4.01. The summed E-state index contributed by atoms with van der Waals surface area (Å²) in [5.74, 6) is -2.50. The molecule has 1 saturated carbocycles. The molecule has 0 bridgehead atoms. The van der Waals surface area contributed by atoms with Gasteiger partial charge in [0, 0.05) is 25.3 Å². The third-order valence-electron chi connectivity index (χ3n) is 2.63. The molecule has 0 unspecified atom stereocenters. The van der Waals surface area contributed by atoms with Crippen molar-refractivity contribution in [2.45, 2.75) is 31.1 Å². The summed E-state index contributed by atoms with van der Waals surface area (Å²) >= 11 is 0. The molecule has 0 aliphatic heterocycles. The van der Waals surface area contributed by atoms with Crippen molar-refractivity contribution in [1.29, 1.82) is 0 Å². The smallest absolute Gasteiger partial charge is 0.250 e. The summed E-state index contributed by atoms with van der Waals surface area (Å²) in [5.41, 5.74) is 0.348. The van der Waals surface area contributed by atoms with E-state index < -0.39 is 11.3 Å². The number of aromatic nitrogens is 3. The monoisotopic (exact) mass is 187 g/mol. The molecule has 1 fully saturated rings. The Balaban J connectivity index is 2.25. The van der Waals surface area contributed by atoms with Crippen LogP contribution in [-0.2, 0) is 12.5 Å². The normalized spacial score (nSPS) is 24.0. The van der Waals surface area contributed by atoms with Gasteiger partial charge in [0.15, 0.2) is 0 Å². The van der Waals surface area contributed by atoms with Crippen LogP contribution in [0.4, 0.5) is 8.78 Å². The maximum atomic E-state index is 12.7. The lowest BCUT2D eigenvalue weighted by Crippen LogP contribution is -2.48. The van der Waals surface area contributed by atoms with Crippen LogP contribution in [0.5, 0.6) is 0 Å². The average Bonchev–Trinajstić information content (AvgIpc) is 2.30. The van der Waals surface area contributed by atoms with Gasteiger partial charge in [-0.2, -0.15) is 0 Å². The predicted octanol–water partition coefficient (Wildman–Crippen LogP) is 1.50. The Morgan fingerprint density at radius 1 is 1.46 bits per heavy atom. The molecule has 0 N–H and O–H groups in total. The summed E-state index contributed by atoms with van der Waals surface area (Å²) in [4.78, 5) is 0. The highest BCUT2D eigenvalue weighted by molar-refractivity contribution is 5.19. The van der Waals surface area contributed by atoms with E-state index in [2.05, 4.69) is 10.3 Å². The van der Waals surface area contributed by atoms with E-state index in [1.165, 1.54) is 0 Å². The molecule has 0 spiro atoms. The second kappa shape index (κ2) is 2.27. The lowest BCUT2D eigenvalue weighted by molar-refractivity contribution is -0.123. The van der Waals surface area contributed by atoms with Gasteiger partial charge in [0.1, 0.15) is 0 Å². The number of rotatable bonds is 1. The van der Waals surface area contributed by atoms with E-state index in [0.29, 0.717) is 0 Å². The molecular formula is C8H11F2N3. The van der Waals surface area contributed by atoms with Crippen LogP contribution >= 0.6 is 0 Å². The van der Waals surface area contributed by atoms with Crippen LogP contribution in [0.15, 0.2) is 6.20 Å². The van der Waals surface area contributed by atoms with Crippen LogP contribution in [0.1, 0.15) is 25.5 Å². The Morgan fingerprint density at radius 2 is 2.08 bits per heavy atom. The van der Waals surface area contributed by atoms with Gasteiger partial charge < -0.3 is 0 Å². The third kappa shape index (κ3) is 1.22. The molecule has 1 aromatic rings. The zero-order valence-corrected chi connectivity index (χ0v) is 7.59. The Morgan fingerprint density at radius 3 is 2.46 bits per heavy atom. The lowest BCUT2D eigenvalue weighted by atomic mass is 9.65. The molecule has 1 aliphatic carbocycles. The highest BCUT2D eigenvalue weighted by atomic mass is 19.3. The summed E-state index contributed by atoms with van der Waals surface area (Å²) in [6.45, 7) is 1.82. The van der Waals surface area contributed by atoms with E-state index in [9.17, 15) is 8.78 Å². The van der Waals surface area contributed by atoms with Crippen LogP contribution in [0.2, 0.25) is 0 Å². The summed E-state index contributed by atoms with van der Waals surface area (Å²) in [5, 5.41) is 7.42. The minimum Gasteiger partial charge on any atom is -0.252 e. The summed E-state index contributed by atoms with van der Waals surface area (Å²) in [6.07, 6.45) is 1.37. The molecule has 72 valence electrons. The number of hydrogen-bond acceptors (Lipinski definition) is 2. The van der Waals surface area contributed by atoms with Gasteiger partial charge >= 0.3 is 0 Å². The second-order valence-corrected chi connectivity index (χ2v) is 4.01. The van der Waals surface area contributed by atoms with Crippen molar-refractivity contribution in [1.82, 2.24) is 15.0 Å². The highest BCUT2D eigenvalue weighted by Crippen LogP contribution is 2.52. The predicted molar refractivity (Wildman–Crippen MR) is 42.5 cm³/mol. The first-order chi connectivity index (χ1) is 5.93. The molecular weight excluding hydrogens is 176 g/mol. The highest BCUT2D eigenvalue weighted by Gasteiger charge is 2.55. The number of nitrogens with zero attached hydrogens (tertiary/aromatic N) is 3. The quantitative estimate of drug-likeness (QED) is 0.667. The number of alkyl halides is 2. The largest absolute Gasteiger partial charge is 0.252 e. The summed E-state index contributed by atoms with van der Waals surface area (Å²) in [6, 6.07) is 0. The Kier molecular flexibility index (Phi) is 1.50. The molecule has 0 saturated heterocycles. The molecule has 5 heteroatoms. The van der Waals surface area contributed by atoms with Gasteiger partial charge in [-0.05, 0) is 0 Å². The van der Waals surface area contributed by atoms with Gasteiger partial charge in [-0.3, -0.25) is 4.68 Å². The maximum absolute atomic E-state index is 12.7. The fraction of sp³-hybridized carbons (Fsp3) is 0.750. The molecule has 2 rings (SSSR count). The first kappa shape index (κ1) is 8.59. The molecule has 0 aromatic carbocycles.